The maximum absolute atomic E-state index is 12.9. The quantitative estimate of drug-likeness (QED) is 0.780. The highest BCUT2D eigenvalue weighted by Gasteiger charge is 2.35. The number of pyridine rings is 1. The van der Waals surface area contributed by atoms with Gasteiger partial charge in [-0.15, -0.1) is 11.6 Å². The number of hydrogen-bond acceptors (Lipinski definition) is 3. The molecular formula is C11H13BrClF3N2O. The molecule has 1 unspecified atom stereocenters. The maximum Gasteiger partial charge on any atom is 0.419 e. The number of methoxy groups -OCH3 is 1. The first-order valence-corrected chi connectivity index (χ1v) is 6.75. The van der Waals surface area contributed by atoms with Gasteiger partial charge in [0.25, 0.3) is 0 Å². The zero-order valence-electron chi connectivity index (χ0n) is 10.1. The van der Waals surface area contributed by atoms with Crippen LogP contribution in [0.3, 0.4) is 0 Å². The molecule has 0 aliphatic heterocycles. The molecule has 1 atom stereocenters. The van der Waals surface area contributed by atoms with Gasteiger partial charge in [0.05, 0.1) is 18.2 Å². The minimum atomic E-state index is -4.47. The van der Waals surface area contributed by atoms with Gasteiger partial charge in [-0.3, -0.25) is 0 Å². The number of nitrogens with one attached hydrogen (secondary N) is 1. The van der Waals surface area contributed by atoms with Crippen LogP contribution in [-0.4, -0.2) is 30.6 Å². The van der Waals surface area contributed by atoms with Gasteiger partial charge in [0, 0.05) is 23.7 Å². The lowest BCUT2D eigenvalue weighted by Crippen LogP contribution is -2.27. The van der Waals surface area contributed by atoms with Gasteiger partial charge in [-0.05, 0) is 28.4 Å². The number of nitrogens with zero attached hydrogens (tertiary/aromatic N) is 1. The lowest BCUT2D eigenvalue weighted by Gasteiger charge is -2.20. The summed E-state index contributed by atoms with van der Waals surface area (Å²) in [5.41, 5.74) is -0.822. The van der Waals surface area contributed by atoms with Crippen molar-refractivity contribution < 1.29 is 17.9 Å². The van der Waals surface area contributed by atoms with Gasteiger partial charge in [-0.2, -0.15) is 13.2 Å². The van der Waals surface area contributed by atoms with Gasteiger partial charge in [-0.1, -0.05) is 0 Å². The normalized spacial score (nSPS) is 13.4. The topological polar surface area (TPSA) is 34.1 Å². The van der Waals surface area contributed by atoms with E-state index in [9.17, 15) is 13.2 Å². The van der Waals surface area contributed by atoms with Crippen LogP contribution in [0.2, 0.25) is 0 Å². The predicted molar refractivity (Wildman–Crippen MR) is 71.6 cm³/mol. The standard InChI is InChI=1S/C11H13BrClF3N2O/c1-19-6-8(2-3-13)18-10-9(11(14,15)16)4-7(12)5-17-10/h4-5,8H,2-3,6H2,1H3,(H,17,18). The summed E-state index contributed by atoms with van der Waals surface area (Å²) in [7, 11) is 1.47. The first kappa shape index (κ1) is 16.5. The fraction of sp³-hybridized carbons (Fsp3) is 0.545. The van der Waals surface area contributed by atoms with E-state index >= 15 is 0 Å². The molecule has 19 heavy (non-hydrogen) atoms. The Morgan fingerprint density at radius 3 is 2.74 bits per heavy atom. The van der Waals surface area contributed by atoms with Crippen molar-refractivity contribution in [2.45, 2.75) is 18.6 Å². The molecule has 108 valence electrons. The van der Waals surface area contributed by atoms with Crippen LogP contribution in [0.5, 0.6) is 0 Å². The molecule has 0 bridgehead atoms. The Kier molecular flexibility index (Phi) is 6.35. The molecule has 1 heterocycles. The van der Waals surface area contributed by atoms with Crippen molar-refractivity contribution in [3.05, 3.63) is 22.3 Å². The summed E-state index contributed by atoms with van der Waals surface area (Å²) < 4.78 is 43.9. The molecule has 0 saturated heterocycles. The minimum Gasteiger partial charge on any atom is -0.383 e. The molecule has 0 aliphatic rings. The molecule has 1 aromatic rings. The monoisotopic (exact) mass is 360 g/mol. The molecule has 1 rings (SSSR count). The van der Waals surface area contributed by atoms with Crippen molar-refractivity contribution in [2.75, 3.05) is 24.9 Å². The van der Waals surface area contributed by atoms with E-state index < -0.39 is 11.7 Å². The van der Waals surface area contributed by atoms with Gasteiger partial charge in [0.15, 0.2) is 0 Å². The summed E-state index contributed by atoms with van der Waals surface area (Å²) in [6.45, 7) is 0.252. The average Bonchev–Trinajstić information content (AvgIpc) is 2.31. The van der Waals surface area contributed by atoms with Crippen molar-refractivity contribution >= 4 is 33.3 Å². The van der Waals surface area contributed by atoms with E-state index in [4.69, 9.17) is 16.3 Å². The molecule has 8 heteroatoms. The number of aromatic nitrogens is 1. The Morgan fingerprint density at radius 1 is 1.53 bits per heavy atom. The zero-order valence-corrected chi connectivity index (χ0v) is 12.4. The molecule has 0 fully saturated rings. The lowest BCUT2D eigenvalue weighted by atomic mass is 10.2. The van der Waals surface area contributed by atoms with Gasteiger partial charge in [-0.25, -0.2) is 4.98 Å². The van der Waals surface area contributed by atoms with Crippen molar-refractivity contribution in [3.63, 3.8) is 0 Å². The van der Waals surface area contributed by atoms with E-state index in [1.54, 1.807) is 0 Å². The third-order valence-electron chi connectivity index (χ3n) is 2.33. The summed E-state index contributed by atoms with van der Waals surface area (Å²) >= 11 is 8.59. The summed E-state index contributed by atoms with van der Waals surface area (Å²) in [6, 6.07) is 0.664. The summed E-state index contributed by atoms with van der Waals surface area (Å²) in [6.07, 6.45) is -2.69. The number of halogens is 5. The summed E-state index contributed by atoms with van der Waals surface area (Å²) in [5.74, 6) is 0.0988. The Bertz CT molecular complexity index is 411. The highest BCUT2D eigenvalue weighted by atomic mass is 79.9. The minimum absolute atomic E-state index is 0.220. The van der Waals surface area contributed by atoms with Crippen molar-refractivity contribution in [1.82, 2.24) is 4.98 Å². The van der Waals surface area contributed by atoms with Crippen molar-refractivity contribution in [1.29, 1.82) is 0 Å². The number of anilines is 1. The molecule has 1 N–H and O–H groups in total. The van der Waals surface area contributed by atoms with Gasteiger partial charge >= 0.3 is 6.18 Å². The third-order valence-corrected chi connectivity index (χ3v) is 2.98. The molecule has 0 aromatic carbocycles. The molecule has 0 amide bonds. The van der Waals surface area contributed by atoms with Crippen LogP contribution < -0.4 is 5.32 Å². The van der Waals surface area contributed by atoms with E-state index in [2.05, 4.69) is 26.2 Å². The molecule has 0 saturated carbocycles. The van der Waals surface area contributed by atoms with Crippen LogP contribution in [0.15, 0.2) is 16.7 Å². The molecule has 0 aliphatic carbocycles. The van der Waals surface area contributed by atoms with Gasteiger partial charge in [0.1, 0.15) is 5.82 Å². The van der Waals surface area contributed by atoms with E-state index in [0.29, 0.717) is 12.3 Å². The van der Waals surface area contributed by atoms with E-state index in [1.807, 2.05) is 0 Å². The van der Waals surface area contributed by atoms with Crippen LogP contribution in [0.1, 0.15) is 12.0 Å². The SMILES string of the molecule is COCC(CCCl)Nc1ncc(Br)cc1C(F)(F)F. The van der Waals surface area contributed by atoms with Crippen molar-refractivity contribution in [3.8, 4) is 0 Å². The molecule has 0 radical (unpaired) electrons. The molecule has 1 aromatic heterocycles. The maximum atomic E-state index is 12.9. The first-order valence-electron chi connectivity index (χ1n) is 5.42. The smallest absolute Gasteiger partial charge is 0.383 e. The number of rotatable bonds is 6. The second-order valence-corrected chi connectivity index (χ2v) is 5.12. The molecular weight excluding hydrogens is 348 g/mol. The Hall–Kier alpha value is -0.530. The number of hydrogen-bond donors (Lipinski definition) is 1. The van der Waals surface area contributed by atoms with E-state index in [-0.39, 0.29) is 22.9 Å². The highest BCUT2D eigenvalue weighted by molar-refractivity contribution is 9.10. The van der Waals surface area contributed by atoms with E-state index in [0.717, 1.165) is 6.07 Å². The fourth-order valence-corrected chi connectivity index (χ4v) is 2.09. The molecule has 0 spiro atoms. The largest absolute Gasteiger partial charge is 0.419 e. The number of alkyl halides is 4. The van der Waals surface area contributed by atoms with Crippen LogP contribution in [0.4, 0.5) is 19.0 Å². The Labute approximate surface area is 122 Å². The zero-order chi connectivity index (χ0) is 14.5. The van der Waals surface area contributed by atoms with Crippen LogP contribution in [0, 0.1) is 0 Å². The molecule has 3 nitrogen and oxygen atoms in total. The first-order chi connectivity index (χ1) is 8.88. The second kappa shape index (κ2) is 7.31. The fourth-order valence-electron chi connectivity index (χ4n) is 1.49. The number of ether oxygens (including phenoxy) is 1. The highest BCUT2D eigenvalue weighted by Crippen LogP contribution is 2.35. The lowest BCUT2D eigenvalue weighted by molar-refractivity contribution is -0.137. The summed E-state index contributed by atoms with van der Waals surface area (Å²) in [5, 5.41) is 2.72. The van der Waals surface area contributed by atoms with Gasteiger partial charge < -0.3 is 10.1 Å². The summed E-state index contributed by atoms with van der Waals surface area (Å²) in [4.78, 5) is 3.77. The third kappa shape index (κ3) is 5.16. The predicted octanol–water partition coefficient (Wildman–Crippen LogP) is 3.92. The second-order valence-electron chi connectivity index (χ2n) is 3.82. The van der Waals surface area contributed by atoms with Crippen LogP contribution >= 0.6 is 27.5 Å². The average molecular weight is 362 g/mol. The van der Waals surface area contributed by atoms with Gasteiger partial charge in [0.2, 0.25) is 0 Å². The Morgan fingerprint density at radius 2 is 2.21 bits per heavy atom. The van der Waals surface area contributed by atoms with Crippen molar-refractivity contribution in [2.24, 2.45) is 0 Å². The van der Waals surface area contributed by atoms with Crippen LogP contribution in [0.25, 0.3) is 0 Å². The van der Waals surface area contributed by atoms with Crippen LogP contribution in [-0.2, 0) is 10.9 Å². The Balaban J connectivity index is 2.98. The van der Waals surface area contributed by atoms with E-state index in [1.165, 1.54) is 13.3 Å².